The van der Waals surface area contributed by atoms with Crippen LogP contribution in [0.2, 0.25) is 0 Å². The van der Waals surface area contributed by atoms with Crippen molar-refractivity contribution in [3.05, 3.63) is 47.7 Å². The summed E-state index contributed by atoms with van der Waals surface area (Å²) in [4.78, 5) is 16.4. The highest BCUT2D eigenvalue weighted by Crippen LogP contribution is 2.17. The van der Waals surface area contributed by atoms with E-state index in [0.29, 0.717) is 23.7 Å². The lowest BCUT2D eigenvalue weighted by Crippen LogP contribution is -2.13. The van der Waals surface area contributed by atoms with E-state index in [2.05, 4.69) is 15.6 Å². The van der Waals surface area contributed by atoms with E-state index in [0.717, 1.165) is 11.3 Å². The lowest BCUT2D eigenvalue weighted by Gasteiger charge is -2.09. The number of amides is 1. The van der Waals surface area contributed by atoms with Crippen LogP contribution in [0.3, 0.4) is 0 Å². The third-order valence-electron chi connectivity index (χ3n) is 3.05. The number of carbonyl (C=O) groups is 1. The van der Waals surface area contributed by atoms with Gasteiger partial charge in [-0.15, -0.1) is 0 Å². The smallest absolute Gasteiger partial charge is 0.255 e. The number of nitrogens with zero attached hydrogens (tertiary/aromatic N) is 1. The maximum Gasteiger partial charge on any atom is 0.255 e. The molecule has 21 heavy (non-hydrogen) atoms. The average Bonchev–Trinajstić information content (AvgIpc) is 2.49. The first kappa shape index (κ1) is 14.8. The number of anilines is 2. The molecule has 0 bridgehead atoms. The van der Waals surface area contributed by atoms with Gasteiger partial charge >= 0.3 is 0 Å². The van der Waals surface area contributed by atoms with Crippen LogP contribution in [0.15, 0.2) is 36.5 Å². The Kier molecular flexibility index (Phi) is 4.77. The molecule has 0 aliphatic rings. The van der Waals surface area contributed by atoms with Gasteiger partial charge in [-0.1, -0.05) is 0 Å². The molecular weight excluding hydrogens is 266 g/mol. The second kappa shape index (κ2) is 6.74. The fourth-order valence-electron chi connectivity index (χ4n) is 1.96. The molecule has 110 valence electrons. The Morgan fingerprint density at radius 1 is 1.24 bits per heavy atom. The van der Waals surface area contributed by atoms with Crippen molar-refractivity contribution in [2.24, 2.45) is 0 Å². The van der Waals surface area contributed by atoms with Crippen LogP contribution in [-0.4, -0.2) is 24.5 Å². The molecule has 0 unspecified atom stereocenters. The highest BCUT2D eigenvalue weighted by atomic mass is 16.5. The Bertz CT molecular complexity index is 624. The van der Waals surface area contributed by atoms with Crippen molar-refractivity contribution in [3.8, 4) is 5.88 Å². The van der Waals surface area contributed by atoms with Gasteiger partial charge < -0.3 is 15.4 Å². The zero-order chi connectivity index (χ0) is 15.2. The maximum atomic E-state index is 12.3. The molecule has 0 atom stereocenters. The van der Waals surface area contributed by atoms with Crippen molar-refractivity contribution in [2.75, 3.05) is 24.3 Å². The maximum absolute atomic E-state index is 12.3. The summed E-state index contributed by atoms with van der Waals surface area (Å²) in [5, 5.41) is 5.87. The molecule has 0 aliphatic carbocycles. The molecular formula is C16H19N3O2. The van der Waals surface area contributed by atoms with E-state index in [1.54, 1.807) is 24.4 Å². The van der Waals surface area contributed by atoms with E-state index in [-0.39, 0.29) is 5.91 Å². The normalized spacial score (nSPS) is 10.0. The second-order valence-electron chi connectivity index (χ2n) is 4.55. The molecule has 0 spiro atoms. The third-order valence-corrected chi connectivity index (χ3v) is 3.05. The van der Waals surface area contributed by atoms with Gasteiger partial charge in [0.1, 0.15) is 0 Å². The lowest BCUT2D eigenvalue weighted by molar-refractivity contribution is 0.102. The number of hydrogen-bond acceptors (Lipinski definition) is 4. The van der Waals surface area contributed by atoms with Crippen LogP contribution in [0.25, 0.3) is 0 Å². The van der Waals surface area contributed by atoms with Gasteiger partial charge in [0.05, 0.1) is 18.5 Å². The highest BCUT2D eigenvalue weighted by Gasteiger charge is 2.10. The fourth-order valence-corrected chi connectivity index (χ4v) is 1.96. The zero-order valence-corrected chi connectivity index (χ0v) is 12.4. The van der Waals surface area contributed by atoms with Crippen molar-refractivity contribution in [3.63, 3.8) is 0 Å². The number of rotatable bonds is 5. The van der Waals surface area contributed by atoms with Gasteiger partial charge in [-0.3, -0.25) is 4.79 Å². The quantitative estimate of drug-likeness (QED) is 0.886. The Labute approximate surface area is 124 Å². The van der Waals surface area contributed by atoms with Crippen molar-refractivity contribution in [1.29, 1.82) is 0 Å². The van der Waals surface area contributed by atoms with E-state index < -0.39 is 0 Å². The lowest BCUT2D eigenvalue weighted by atomic mass is 10.1. The van der Waals surface area contributed by atoms with Gasteiger partial charge in [0.25, 0.3) is 5.91 Å². The topological polar surface area (TPSA) is 63.2 Å². The summed E-state index contributed by atoms with van der Waals surface area (Å²) in [6.45, 7) is 4.37. The monoisotopic (exact) mass is 285 g/mol. The SMILES string of the molecule is CCOc1ccc(NC(=O)c2ccc(NC)cc2C)cn1. The van der Waals surface area contributed by atoms with Crippen molar-refractivity contribution < 1.29 is 9.53 Å². The summed E-state index contributed by atoms with van der Waals surface area (Å²) in [6, 6.07) is 9.12. The zero-order valence-electron chi connectivity index (χ0n) is 12.4. The second-order valence-corrected chi connectivity index (χ2v) is 4.55. The summed E-state index contributed by atoms with van der Waals surface area (Å²) in [6.07, 6.45) is 1.58. The van der Waals surface area contributed by atoms with Crippen LogP contribution in [-0.2, 0) is 0 Å². The Hall–Kier alpha value is -2.56. The summed E-state index contributed by atoms with van der Waals surface area (Å²) in [7, 11) is 1.85. The number of pyridine rings is 1. The predicted octanol–water partition coefficient (Wildman–Crippen LogP) is 3.08. The summed E-state index contributed by atoms with van der Waals surface area (Å²) in [5.74, 6) is 0.395. The molecule has 0 saturated heterocycles. The minimum Gasteiger partial charge on any atom is -0.478 e. The third kappa shape index (κ3) is 3.72. The summed E-state index contributed by atoms with van der Waals surface area (Å²) in [5.41, 5.74) is 3.17. The molecule has 0 radical (unpaired) electrons. The summed E-state index contributed by atoms with van der Waals surface area (Å²) >= 11 is 0. The van der Waals surface area contributed by atoms with E-state index in [9.17, 15) is 4.79 Å². The molecule has 1 heterocycles. The Morgan fingerprint density at radius 2 is 2.00 bits per heavy atom. The standard InChI is InChI=1S/C16H19N3O2/c1-4-21-15-8-6-13(10-18-15)19-16(20)14-7-5-12(17-3)9-11(14)2/h5-10,17H,4H2,1-3H3,(H,19,20). The Morgan fingerprint density at radius 3 is 2.57 bits per heavy atom. The molecule has 1 aromatic heterocycles. The first-order valence-electron chi connectivity index (χ1n) is 6.82. The van der Waals surface area contributed by atoms with Crippen LogP contribution >= 0.6 is 0 Å². The fraction of sp³-hybridized carbons (Fsp3) is 0.250. The molecule has 0 aliphatic heterocycles. The minimum absolute atomic E-state index is 0.152. The van der Waals surface area contributed by atoms with Gasteiger partial charge in [0.2, 0.25) is 5.88 Å². The van der Waals surface area contributed by atoms with Crippen LogP contribution in [0, 0.1) is 6.92 Å². The summed E-state index contributed by atoms with van der Waals surface area (Å²) < 4.78 is 5.26. The van der Waals surface area contributed by atoms with Gasteiger partial charge in [-0.2, -0.15) is 0 Å². The number of aryl methyl sites for hydroxylation is 1. The number of carbonyl (C=O) groups excluding carboxylic acids is 1. The molecule has 5 nitrogen and oxygen atoms in total. The van der Waals surface area contributed by atoms with Crippen LogP contribution in [0.5, 0.6) is 5.88 Å². The number of nitrogens with one attached hydrogen (secondary N) is 2. The Balaban J connectivity index is 2.10. The first-order chi connectivity index (χ1) is 10.1. The van der Waals surface area contributed by atoms with E-state index in [1.807, 2.05) is 33.0 Å². The van der Waals surface area contributed by atoms with Gasteiger partial charge in [-0.25, -0.2) is 4.98 Å². The average molecular weight is 285 g/mol. The van der Waals surface area contributed by atoms with E-state index in [4.69, 9.17) is 4.74 Å². The molecule has 2 rings (SSSR count). The van der Waals surface area contributed by atoms with Gasteiger partial charge in [-0.05, 0) is 43.7 Å². The van der Waals surface area contributed by atoms with Crippen LogP contribution in [0.4, 0.5) is 11.4 Å². The number of hydrogen-bond donors (Lipinski definition) is 2. The minimum atomic E-state index is -0.152. The van der Waals surface area contributed by atoms with Crippen molar-refractivity contribution in [1.82, 2.24) is 4.98 Å². The molecule has 2 aromatic rings. The first-order valence-corrected chi connectivity index (χ1v) is 6.82. The van der Waals surface area contributed by atoms with Crippen LogP contribution < -0.4 is 15.4 Å². The van der Waals surface area contributed by atoms with Gasteiger partial charge in [0, 0.05) is 24.4 Å². The van der Waals surface area contributed by atoms with Gasteiger partial charge in [0.15, 0.2) is 0 Å². The van der Waals surface area contributed by atoms with E-state index in [1.165, 1.54) is 0 Å². The van der Waals surface area contributed by atoms with E-state index >= 15 is 0 Å². The molecule has 1 amide bonds. The number of benzene rings is 1. The van der Waals surface area contributed by atoms with Crippen molar-refractivity contribution in [2.45, 2.75) is 13.8 Å². The highest BCUT2D eigenvalue weighted by molar-refractivity contribution is 6.05. The predicted molar refractivity (Wildman–Crippen MR) is 84.1 cm³/mol. The van der Waals surface area contributed by atoms with Crippen molar-refractivity contribution >= 4 is 17.3 Å². The largest absolute Gasteiger partial charge is 0.478 e. The molecule has 2 N–H and O–H groups in total. The number of aromatic nitrogens is 1. The molecule has 0 fully saturated rings. The molecule has 0 saturated carbocycles. The molecule has 1 aromatic carbocycles. The number of ether oxygens (including phenoxy) is 1. The van der Waals surface area contributed by atoms with Crippen LogP contribution in [0.1, 0.15) is 22.8 Å². The molecule has 5 heteroatoms.